The van der Waals surface area contributed by atoms with Crippen LogP contribution in [0.25, 0.3) is 11.5 Å². The normalized spacial score (nSPS) is 15.8. The van der Waals surface area contributed by atoms with E-state index in [4.69, 9.17) is 18.6 Å². The summed E-state index contributed by atoms with van der Waals surface area (Å²) in [7, 11) is 3.26. The molecule has 0 spiro atoms. The van der Waals surface area contributed by atoms with Gasteiger partial charge >= 0.3 is 0 Å². The Balaban J connectivity index is 1.43. The number of likely N-dealkylation sites (tertiary alicyclic amines) is 1. The van der Waals surface area contributed by atoms with Gasteiger partial charge in [0.25, 0.3) is 5.91 Å². The highest BCUT2D eigenvalue weighted by molar-refractivity contribution is 5.79. The van der Waals surface area contributed by atoms with Crippen LogP contribution in [0.1, 0.15) is 24.4 Å². The van der Waals surface area contributed by atoms with Gasteiger partial charge in [0.15, 0.2) is 6.61 Å². The third-order valence-electron chi connectivity index (χ3n) is 5.19. The maximum Gasteiger partial charge on any atom is 0.261 e. The lowest BCUT2D eigenvalue weighted by atomic mass is 10.0. The van der Waals surface area contributed by atoms with Crippen molar-refractivity contribution in [2.75, 3.05) is 27.4 Å². The van der Waals surface area contributed by atoms with Crippen LogP contribution >= 0.6 is 0 Å². The predicted octanol–water partition coefficient (Wildman–Crippen LogP) is 3.50. The second-order valence-electron chi connectivity index (χ2n) is 6.91. The molecule has 2 heterocycles. The summed E-state index contributed by atoms with van der Waals surface area (Å²) >= 11 is 0. The second-order valence-corrected chi connectivity index (χ2v) is 6.91. The summed E-state index contributed by atoms with van der Waals surface area (Å²) in [6, 6.07) is 12.8. The summed E-state index contributed by atoms with van der Waals surface area (Å²) in [6.45, 7) is 0.645. The van der Waals surface area contributed by atoms with Gasteiger partial charge in [-0.15, -0.1) is 10.2 Å². The lowest BCUT2D eigenvalue weighted by Crippen LogP contribution is -2.34. The topological polar surface area (TPSA) is 86.9 Å². The molecule has 1 unspecified atom stereocenters. The highest BCUT2D eigenvalue weighted by atomic mass is 16.5. The Bertz CT molecular complexity index is 989. The Morgan fingerprint density at radius 2 is 1.93 bits per heavy atom. The van der Waals surface area contributed by atoms with Gasteiger partial charge in [-0.1, -0.05) is 0 Å². The number of amides is 1. The van der Waals surface area contributed by atoms with Crippen molar-refractivity contribution < 1.29 is 23.4 Å². The summed E-state index contributed by atoms with van der Waals surface area (Å²) in [5, 5.41) is 7.53. The largest absolute Gasteiger partial charge is 0.497 e. The van der Waals surface area contributed by atoms with Crippen LogP contribution in [-0.2, 0) is 4.79 Å². The van der Waals surface area contributed by atoms with E-state index in [0.717, 1.165) is 35.5 Å². The van der Waals surface area contributed by atoms with Crippen LogP contribution in [0.3, 0.4) is 0 Å². The Hall–Kier alpha value is -3.55. The van der Waals surface area contributed by atoms with Crippen LogP contribution in [0.15, 0.2) is 53.3 Å². The summed E-state index contributed by atoms with van der Waals surface area (Å²) in [6.07, 6.45) is 3.08. The molecule has 0 bridgehead atoms. The van der Waals surface area contributed by atoms with Crippen molar-refractivity contribution in [3.63, 3.8) is 0 Å². The lowest BCUT2D eigenvalue weighted by Gasteiger charge is -2.26. The van der Waals surface area contributed by atoms with Gasteiger partial charge in [-0.2, -0.15) is 0 Å². The Morgan fingerprint density at radius 1 is 1.13 bits per heavy atom. The fourth-order valence-corrected chi connectivity index (χ4v) is 3.71. The molecule has 1 fully saturated rings. The van der Waals surface area contributed by atoms with Gasteiger partial charge in [-0.25, -0.2) is 0 Å². The molecular weight excluding hydrogens is 386 g/mol. The first-order valence-electron chi connectivity index (χ1n) is 9.70. The van der Waals surface area contributed by atoms with Crippen molar-refractivity contribution in [1.82, 2.24) is 15.1 Å². The molecule has 156 valence electrons. The van der Waals surface area contributed by atoms with Crippen LogP contribution in [0, 0.1) is 0 Å². The molecule has 8 heteroatoms. The van der Waals surface area contributed by atoms with Gasteiger partial charge in [0.05, 0.1) is 20.3 Å². The van der Waals surface area contributed by atoms with E-state index < -0.39 is 0 Å². The van der Waals surface area contributed by atoms with Crippen molar-refractivity contribution in [1.29, 1.82) is 0 Å². The van der Waals surface area contributed by atoms with Gasteiger partial charge in [-0.3, -0.25) is 4.79 Å². The number of ether oxygens (including phenoxy) is 3. The molecule has 3 aromatic rings. The monoisotopic (exact) mass is 409 g/mol. The summed E-state index contributed by atoms with van der Waals surface area (Å²) in [5.74, 6) is 2.45. The molecule has 0 radical (unpaired) electrons. The molecule has 1 aromatic heterocycles. The summed E-state index contributed by atoms with van der Waals surface area (Å²) in [4.78, 5) is 14.8. The number of hydrogen-bond acceptors (Lipinski definition) is 7. The van der Waals surface area contributed by atoms with Crippen LogP contribution < -0.4 is 14.2 Å². The van der Waals surface area contributed by atoms with Gasteiger partial charge in [0.1, 0.15) is 17.2 Å². The van der Waals surface area contributed by atoms with Gasteiger partial charge in [0, 0.05) is 17.7 Å². The molecule has 0 aliphatic carbocycles. The highest BCUT2D eigenvalue weighted by Gasteiger charge is 2.32. The van der Waals surface area contributed by atoms with E-state index in [9.17, 15) is 4.79 Å². The minimum atomic E-state index is -0.0663. The zero-order valence-electron chi connectivity index (χ0n) is 16.9. The fourth-order valence-electron chi connectivity index (χ4n) is 3.71. The maximum atomic E-state index is 12.9. The first-order valence-corrected chi connectivity index (χ1v) is 9.70. The number of carbonyl (C=O) groups excluding carboxylic acids is 1. The van der Waals surface area contributed by atoms with E-state index in [-0.39, 0.29) is 18.6 Å². The van der Waals surface area contributed by atoms with Gasteiger partial charge < -0.3 is 23.5 Å². The quantitative estimate of drug-likeness (QED) is 0.590. The molecule has 8 nitrogen and oxygen atoms in total. The predicted molar refractivity (Wildman–Crippen MR) is 108 cm³/mol. The number of benzene rings is 2. The van der Waals surface area contributed by atoms with Crippen molar-refractivity contribution in [3.8, 4) is 28.7 Å². The highest BCUT2D eigenvalue weighted by Crippen LogP contribution is 2.39. The molecule has 30 heavy (non-hydrogen) atoms. The number of nitrogens with zero attached hydrogens (tertiary/aromatic N) is 3. The van der Waals surface area contributed by atoms with Crippen LogP contribution in [0.2, 0.25) is 0 Å². The minimum Gasteiger partial charge on any atom is -0.497 e. The maximum absolute atomic E-state index is 12.9. The third-order valence-corrected chi connectivity index (χ3v) is 5.19. The zero-order valence-corrected chi connectivity index (χ0v) is 16.9. The summed E-state index contributed by atoms with van der Waals surface area (Å²) < 4.78 is 21.8. The molecule has 1 saturated heterocycles. The average Bonchev–Trinajstić information content (AvgIpc) is 3.50. The molecule has 2 aromatic carbocycles. The lowest BCUT2D eigenvalue weighted by molar-refractivity contribution is -0.134. The van der Waals surface area contributed by atoms with Crippen LogP contribution in [-0.4, -0.2) is 48.4 Å². The van der Waals surface area contributed by atoms with E-state index in [1.165, 1.54) is 6.39 Å². The first kappa shape index (κ1) is 19.8. The van der Waals surface area contributed by atoms with Gasteiger partial charge in [-0.05, 0) is 55.3 Å². The molecule has 1 atom stereocenters. The van der Waals surface area contributed by atoms with Crippen LogP contribution in [0.4, 0.5) is 0 Å². The van der Waals surface area contributed by atoms with Crippen LogP contribution in [0.5, 0.6) is 17.2 Å². The molecule has 1 aliphatic heterocycles. The number of rotatable bonds is 7. The van der Waals surface area contributed by atoms with E-state index >= 15 is 0 Å². The molecule has 0 N–H and O–H groups in total. The molecule has 4 rings (SSSR count). The first-order chi connectivity index (χ1) is 14.7. The standard InChI is InChI=1S/C22H23N3O5/c1-27-17-9-10-20(28-2)18(12-17)19-4-3-11-25(19)21(26)13-29-16-7-5-15(6-8-16)22-24-23-14-30-22/h5-10,12,14,19H,3-4,11,13H2,1-2H3. The molecule has 0 saturated carbocycles. The number of carbonyl (C=O) groups is 1. The van der Waals surface area contributed by atoms with Crippen molar-refractivity contribution in [2.45, 2.75) is 18.9 Å². The number of aromatic nitrogens is 2. The number of methoxy groups -OCH3 is 2. The second kappa shape index (κ2) is 8.86. The van der Waals surface area contributed by atoms with Crippen molar-refractivity contribution >= 4 is 5.91 Å². The summed E-state index contributed by atoms with van der Waals surface area (Å²) in [5.41, 5.74) is 1.74. The van der Waals surface area contributed by atoms with Crippen molar-refractivity contribution in [3.05, 3.63) is 54.4 Å². The third kappa shape index (κ3) is 4.07. The fraction of sp³-hybridized carbons (Fsp3) is 0.318. The minimum absolute atomic E-state index is 0.0390. The number of hydrogen-bond donors (Lipinski definition) is 0. The van der Waals surface area contributed by atoms with E-state index in [1.54, 1.807) is 26.4 Å². The zero-order chi connectivity index (χ0) is 20.9. The molecule has 1 aliphatic rings. The molecular formula is C22H23N3O5. The Labute approximate surface area is 174 Å². The van der Waals surface area contributed by atoms with Crippen molar-refractivity contribution in [2.24, 2.45) is 0 Å². The van der Waals surface area contributed by atoms with Gasteiger partial charge in [0.2, 0.25) is 12.3 Å². The van der Waals surface area contributed by atoms with E-state index in [1.807, 2.05) is 35.2 Å². The molecule has 1 amide bonds. The Kier molecular flexibility index (Phi) is 5.83. The van der Waals surface area contributed by atoms with E-state index in [2.05, 4.69) is 10.2 Å². The SMILES string of the molecule is COc1ccc(OC)c(C2CCCN2C(=O)COc2ccc(-c3nnco3)cc2)c1. The smallest absolute Gasteiger partial charge is 0.261 e. The Morgan fingerprint density at radius 3 is 2.63 bits per heavy atom. The average molecular weight is 409 g/mol. The van der Waals surface area contributed by atoms with E-state index in [0.29, 0.717) is 18.2 Å².